The largest absolute Gasteiger partial charge is 0.352 e. The Balaban J connectivity index is 2.02. The summed E-state index contributed by atoms with van der Waals surface area (Å²) in [6, 6.07) is 4.12. The molecule has 2 N–H and O–H groups in total. The number of aromatic nitrogens is 2. The van der Waals surface area contributed by atoms with Crippen LogP contribution in [-0.4, -0.2) is 27.3 Å². The molecule has 0 fully saturated rings. The SMILES string of the molecule is O=C(NCCc1cnc[nH]1)c1cccc([N+](=O)[O-])c1Cl. The second-order valence-electron chi connectivity index (χ2n) is 3.98. The van der Waals surface area contributed by atoms with Gasteiger partial charge >= 0.3 is 0 Å². The summed E-state index contributed by atoms with van der Waals surface area (Å²) < 4.78 is 0. The van der Waals surface area contributed by atoms with Gasteiger partial charge in [0, 0.05) is 30.9 Å². The number of hydrogen-bond donors (Lipinski definition) is 2. The third kappa shape index (κ3) is 3.12. The van der Waals surface area contributed by atoms with Gasteiger partial charge in [0.05, 0.1) is 16.8 Å². The van der Waals surface area contributed by atoms with Crippen LogP contribution in [0, 0.1) is 10.1 Å². The molecule has 20 heavy (non-hydrogen) atoms. The number of nitrogens with zero attached hydrogens (tertiary/aromatic N) is 2. The van der Waals surface area contributed by atoms with Gasteiger partial charge in [-0.05, 0) is 6.07 Å². The van der Waals surface area contributed by atoms with E-state index in [9.17, 15) is 14.9 Å². The lowest BCUT2D eigenvalue weighted by atomic mass is 10.2. The first-order chi connectivity index (χ1) is 9.59. The molecular weight excluding hydrogens is 284 g/mol. The Hall–Kier alpha value is -2.41. The summed E-state index contributed by atoms with van der Waals surface area (Å²) in [6.07, 6.45) is 3.79. The zero-order valence-corrected chi connectivity index (χ0v) is 11.1. The van der Waals surface area contributed by atoms with Crippen LogP contribution in [-0.2, 0) is 6.42 Å². The highest BCUT2D eigenvalue weighted by atomic mass is 35.5. The Morgan fingerprint density at radius 1 is 1.50 bits per heavy atom. The molecule has 0 bridgehead atoms. The van der Waals surface area contributed by atoms with Crippen LogP contribution in [0.4, 0.5) is 5.69 Å². The van der Waals surface area contributed by atoms with Crippen molar-refractivity contribution in [3.8, 4) is 0 Å². The van der Waals surface area contributed by atoms with Gasteiger partial charge in [-0.1, -0.05) is 17.7 Å². The summed E-state index contributed by atoms with van der Waals surface area (Å²) in [5, 5.41) is 13.2. The predicted molar refractivity (Wildman–Crippen MR) is 72.7 cm³/mol. The van der Waals surface area contributed by atoms with E-state index in [1.54, 1.807) is 12.5 Å². The molecule has 8 heteroatoms. The van der Waals surface area contributed by atoms with Gasteiger partial charge in [-0.15, -0.1) is 0 Å². The van der Waals surface area contributed by atoms with E-state index >= 15 is 0 Å². The fraction of sp³-hybridized carbons (Fsp3) is 0.167. The molecule has 1 aromatic heterocycles. The Morgan fingerprint density at radius 3 is 2.95 bits per heavy atom. The van der Waals surface area contributed by atoms with E-state index in [-0.39, 0.29) is 16.3 Å². The van der Waals surface area contributed by atoms with Crippen LogP contribution >= 0.6 is 11.6 Å². The Morgan fingerprint density at radius 2 is 2.30 bits per heavy atom. The van der Waals surface area contributed by atoms with Gasteiger partial charge in [-0.3, -0.25) is 14.9 Å². The third-order valence-electron chi connectivity index (χ3n) is 2.65. The molecule has 2 aromatic rings. The maximum absolute atomic E-state index is 11.9. The number of amides is 1. The number of rotatable bonds is 5. The van der Waals surface area contributed by atoms with Crippen molar-refractivity contribution in [2.75, 3.05) is 6.54 Å². The summed E-state index contributed by atoms with van der Waals surface area (Å²) >= 11 is 5.86. The minimum Gasteiger partial charge on any atom is -0.352 e. The minimum atomic E-state index is -0.621. The Kier molecular flexibility index (Phi) is 4.31. The Bertz CT molecular complexity index is 628. The van der Waals surface area contributed by atoms with Gasteiger partial charge in [-0.2, -0.15) is 0 Å². The molecule has 0 aliphatic heterocycles. The smallest absolute Gasteiger partial charge is 0.288 e. The number of carbonyl (C=O) groups is 1. The average molecular weight is 295 g/mol. The van der Waals surface area contributed by atoms with E-state index in [1.807, 2.05) is 0 Å². The van der Waals surface area contributed by atoms with E-state index in [2.05, 4.69) is 15.3 Å². The van der Waals surface area contributed by atoms with E-state index in [4.69, 9.17) is 11.6 Å². The molecule has 0 aliphatic rings. The second-order valence-corrected chi connectivity index (χ2v) is 4.36. The van der Waals surface area contributed by atoms with Crippen LogP contribution in [0.15, 0.2) is 30.7 Å². The molecule has 0 aliphatic carbocycles. The Labute approximate surface area is 119 Å². The van der Waals surface area contributed by atoms with Crippen molar-refractivity contribution in [3.63, 3.8) is 0 Å². The second kappa shape index (κ2) is 6.16. The van der Waals surface area contributed by atoms with E-state index in [1.165, 1.54) is 18.2 Å². The summed E-state index contributed by atoms with van der Waals surface area (Å²) in [5.41, 5.74) is 0.689. The number of hydrogen-bond acceptors (Lipinski definition) is 4. The molecule has 104 valence electrons. The summed E-state index contributed by atoms with van der Waals surface area (Å²) in [7, 11) is 0. The van der Waals surface area contributed by atoms with Crippen LogP contribution in [0.1, 0.15) is 16.1 Å². The van der Waals surface area contributed by atoms with Crippen molar-refractivity contribution in [1.29, 1.82) is 0 Å². The van der Waals surface area contributed by atoms with Gasteiger partial charge in [0.15, 0.2) is 0 Å². The lowest BCUT2D eigenvalue weighted by molar-refractivity contribution is -0.384. The number of nitro benzene ring substituents is 1. The van der Waals surface area contributed by atoms with Crippen molar-refractivity contribution in [2.45, 2.75) is 6.42 Å². The number of nitro groups is 1. The summed E-state index contributed by atoms with van der Waals surface area (Å²) in [5.74, 6) is -0.446. The molecule has 2 rings (SSSR count). The first kappa shape index (κ1) is 14.0. The highest BCUT2D eigenvalue weighted by Gasteiger charge is 2.19. The zero-order chi connectivity index (χ0) is 14.5. The molecule has 0 spiro atoms. The minimum absolute atomic E-state index is 0.0884. The highest BCUT2D eigenvalue weighted by molar-refractivity contribution is 6.35. The van der Waals surface area contributed by atoms with Gasteiger partial charge in [0.2, 0.25) is 0 Å². The van der Waals surface area contributed by atoms with Crippen molar-refractivity contribution < 1.29 is 9.72 Å². The number of aromatic amines is 1. The first-order valence-electron chi connectivity index (χ1n) is 5.78. The van der Waals surface area contributed by atoms with Crippen molar-refractivity contribution in [2.24, 2.45) is 0 Å². The first-order valence-corrected chi connectivity index (χ1v) is 6.15. The average Bonchev–Trinajstić information content (AvgIpc) is 2.91. The van der Waals surface area contributed by atoms with E-state index in [0.717, 1.165) is 5.69 Å². The maximum Gasteiger partial charge on any atom is 0.288 e. The third-order valence-corrected chi connectivity index (χ3v) is 3.05. The van der Waals surface area contributed by atoms with Crippen molar-refractivity contribution in [3.05, 3.63) is 57.1 Å². The standard InChI is InChI=1S/C12H11ClN4O3/c13-11-9(2-1-3-10(11)17(19)20)12(18)15-5-4-8-6-14-7-16-8/h1-3,6-7H,4-5H2,(H,14,16)(H,15,18). The predicted octanol–water partition coefficient (Wildman–Crippen LogP) is 1.94. The number of nitrogens with one attached hydrogen (secondary N) is 2. The fourth-order valence-corrected chi connectivity index (χ4v) is 1.94. The monoisotopic (exact) mass is 294 g/mol. The van der Waals surface area contributed by atoms with Gasteiger partial charge < -0.3 is 10.3 Å². The van der Waals surface area contributed by atoms with Crippen LogP contribution < -0.4 is 5.32 Å². The maximum atomic E-state index is 11.9. The van der Waals surface area contributed by atoms with Gasteiger partial charge in [-0.25, -0.2) is 4.98 Å². The van der Waals surface area contributed by atoms with Gasteiger partial charge in [0.1, 0.15) is 5.02 Å². The van der Waals surface area contributed by atoms with Gasteiger partial charge in [0.25, 0.3) is 11.6 Å². The summed E-state index contributed by atoms with van der Waals surface area (Å²) in [4.78, 5) is 28.8. The molecule has 7 nitrogen and oxygen atoms in total. The number of benzene rings is 1. The highest BCUT2D eigenvalue weighted by Crippen LogP contribution is 2.27. The van der Waals surface area contributed by atoms with E-state index < -0.39 is 10.8 Å². The molecule has 0 saturated carbocycles. The molecule has 0 unspecified atom stereocenters. The molecular formula is C12H11ClN4O3. The molecule has 1 amide bonds. The fourth-order valence-electron chi connectivity index (χ4n) is 1.66. The molecule has 1 aromatic carbocycles. The normalized spacial score (nSPS) is 10.2. The number of imidazole rings is 1. The topological polar surface area (TPSA) is 101 Å². The van der Waals surface area contributed by atoms with Crippen molar-refractivity contribution >= 4 is 23.2 Å². The van der Waals surface area contributed by atoms with Crippen LogP contribution in [0.5, 0.6) is 0 Å². The number of halogens is 1. The molecule has 0 atom stereocenters. The molecule has 0 radical (unpaired) electrons. The number of carbonyl (C=O) groups excluding carboxylic acids is 1. The zero-order valence-electron chi connectivity index (χ0n) is 10.3. The lowest BCUT2D eigenvalue weighted by Crippen LogP contribution is -2.26. The van der Waals surface area contributed by atoms with Crippen LogP contribution in [0.3, 0.4) is 0 Å². The lowest BCUT2D eigenvalue weighted by Gasteiger charge is -2.06. The molecule has 1 heterocycles. The molecule has 0 saturated heterocycles. The quantitative estimate of drug-likeness (QED) is 0.650. The summed E-state index contributed by atoms with van der Waals surface area (Å²) in [6.45, 7) is 0.375. The van der Waals surface area contributed by atoms with Crippen LogP contribution in [0.2, 0.25) is 5.02 Å². The number of H-pyrrole nitrogens is 1. The van der Waals surface area contributed by atoms with E-state index in [0.29, 0.717) is 13.0 Å². The van der Waals surface area contributed by atoms with Crippen LogP contribution in [0.25, 0.3) is 0 Å². The van der Waals surface area contributed by atoms with Crippen molar-refractivity contribution in [1.82, 2.24) is 15.3 Å².